The van der Waals surface area contributed by atoms with E-state index in [1.54, 1.807) is 38.4 Å². The first kappa shape index (κ1) is 30.2. The van der Waals surface area contributed by atoms with Crippen molar-refractivity contribution in [3.8, 4) is 28.4 Å². The Labute approximate surface area is 241 Å². The van der Waals surface area contributed by atoms with Crippen LogP contribution in [-0.2, 0) is 20.7 Å². The molecule has 1 fully saturated rings. The third-order valence-electron chi connectivity index (χ3n) is 8.03. The van der Waals surface area contributed by atoms with Crippen molar-refractivity contribution in [2.45, 2.75) is 52.1 Å². The first-order chi connectivity index (χ1) is 19.7. The van der Waals surface area contributed by atoms with Crippen LogP contribution in [0.25, 0.3) is 11.1 Å². The van der Waals surface area contributed by atoms with Gasteiger partial charge in [0, 0.05) is 25.6 Å². The van der Waals surface area contributed by atoms with Gasteiger partial charge in [-0.3, -0.25) is 14.4 Å². The standard InChI is InChI=1S/C31H41N3O7/c1-7-18(2)28(31(37)34-12-14-41-15-13-34)33-24-11-9-21-22(17-25(24)36)23(32-19(3)35)10-8-20-16-26(38-4)29(39-5)30(40-6)27(20)21/h9,11,16-18,23,28H,7-8,10,12-15H2,1-6H3,(H,32,35)(H,33,36). The van der Waals surface area contributed by atoms with E-state index in [-0.39, 0.29) is 23.2 Å². The zero-order valence-electron chi connectivity index (χ0n) is 24.8. The Morgan fingerprint density at radius 1 is 1.07 bits per heavy atom. The number of benzene rings is 1. The average Bonchev–Trinajstić information content (AvgIpc) is 3.22. The predicted molar refractivity (Wildman–Crippen MR) is 157 cm³/mol. The van der Waals surface area contributed by atoms with Crippen molar-refractivity contribution in [2.75, 3.05) is 52.9 Å². The van der Waals surface area contributed by atoms with Crippen LogP contribution in [-0.4, -0.2) is 70.4 Å². The molecule has 1 aliphatic heterocycles. The first-order valence-electron chi connectivity index (χ1n) is 14.1. The smallest absolute Gasteiger partial charge is 0.245 e. The van der Waals surface area contributed by atoms with Gasteiger partial charge in [-0.2, -0.15) is 0 Å². The molecule has 4 rings (SSSR count). The van der Waals surface area contributed by atoms with Crippen molar-refractivity contribution in [1.29, 1.82) is 0 Å². The van der Waals surface area contributed by atoms with Crippen molar-refractivity contribution in [1.82, 2.24) is 10.2 Å². The van der Waals surface area contributed by atoms with Gasteiger partial charge in [0.2, 0.25) is 23.0 Å². The van der Waals surface area contributed by atoms with Gasteiger partial charge in [-0.15, -0.1) is 0 Å². The molecule has 41 heavy (non-hydrogen) atoms. The van der Waals surface area contributed by atoms with Gasteiger partial charge in [-0.1, -0.05) is 26.3 Å². The first-order valence-corrected chi connectivity index (χ1v) is 14.1. The lowest BCUT2D eigenvalue weighted by Crippen LogP contribution is -2.50. The molecule has 10 heteroatoms. The largest absolute Gasteiger partial charge is 0.493 e. The van der Waals surface area contributed by atoms with Gasteiger partial charge in [0.05, 0.1) is 46.3 Å². The van der Waals surface area contributed by atoms with Crippen LogP contribution >= 0.6 is 0 Å². The molecule has 3 unspecified atom stereocenters. The highest BCUT2D eigenvalue weighted by Crippen LogP contribution is 2.50. The number of nitrogens with zero attached hydrogens (tertiary/aromatic N) is 1. The van der Waals surface area contributed by atoms with Crippen LogP contribution in [0.3, 0.4) is 0 Å². The number of morpholine rings is 1. The summed E-state index contributed by atoms with van der Waals surface area (Å²) in [5.41, 5.74) is 3.17. The summed E-state index contributed by atoms with van der Waals surface area (Å²) >= 11 is 0. The minimum absolute atomic E-state index is 0.0160. The number of rotatable bonds is 9. The Kier molecular flexibility index (Phi) is 9.75. The fraction of sp³-hybridized carbons (Fsp3) is 0.516. The number of hydrogen-bond donors (Lipinski definition) is 2. The minimum Gasteiger partial charge on any atom is -0.493 e. The predicted octanol–water partition coefficient (Wildman–Crippen LogP) is 3.55. The SMILES string of the molecule is CCC(C)C(Nc1ccc2c(cc1=O)C(NC(C)=O)CCc1cc(OC)c(OC)c(OC)c1-2)C(=O)N1CCOCC1. The van der Waals surface area contributed by atoms with Crippen LogP contribution in [0, 0.1) is 5.92 Å². The Bertz CT molecular complexity index is 1340. The molecule has 1 heterocycles. The minimum atomic E-state index is -0.578. The quantitative estimate of drug-likeness (QED) is 0.473. The van der Waals surface area contributed by atoms with Crippen molar-refractivity contribution in [2.24, 2.45) is 5.92 Å². The molecule has 2 aromatic carbocycles. The van der Waals surface area contributed by atoms with E-state index in [1.807, 2.05) is 26.0 Å². The van der Waals surface area contributed by atoms with E-state index in [2.05, 4.69) is 10.6 Å². The maximum atomic E-state index is 13.8. The Morgan fingerprint density at radius 3 is 2.39 bits per heavy atom. The second kappa shape index (κ2) is 13.2. The summed E-state index contributed by atoms with van der Waals surface area (Å²) in [6.45, 7) is 7.54. The molecular formula is C31H41N3O7. The molecule has 0 radical (unpaired) electrons. The molecule has 0 spiro atoms. The van der Waals surface area contributed by atoms with E-state index in [9.17, 15) is 14.4 Å². The highest BCUT2D eigenvalue weighted by Gasteiger charge is 2.32. The van der Waals surface area contributed by atoms with Gasteiger partial charge >= 0.3 is 0 Å². The summed E-state index contributed by atoms with van der Waals surface area (Å²) in [6.07, 6.45) is 1.93. The van der Waals surface area contributed by atoms with Crippen LogP contribution in [0.2, 0.25) is 0 Å². The van der Waals surface area contributed by atoms with E-state index < -0.39 is 12.1 Å². The molecule has 10 nitrogen and oxygen atoms in total. The van der Waals surface area contributed by atoms with Gasteiger partial charge < -0.3 is 34.5 Å². The molecule has 2 amide bonds. The lowest BCUT2D eigenvalue weighted by molar-refractivity contribution is -0.137. The summed E-state index contributed by atoms with van der Waals surface area (Å²) in [5, 5.41) is 6.32. The van der Waals surface area contributed by atoms with Crippen molar-refractivity contribution in [3.63, 3.8) is 0 Å². The number of methoxy groups -OCH3 is 3. The number of carbonyl (C=O) groups is 2. The van der Waals surface area contributed by atoms with E-state index in [0.29, 0.717) is 67.6 Å². The maximum absolute atomic E-state index is 13.8. The molecular weight excluding hydrogens is 526 g/mol. The van der Waals surface area contributed by atoms with Crippen LogP contribution in [0.4, 0.5) is 5.69 Å². The summed E-state index contributed by atoms with van der Waals surface area (Å²) in [5.74, 6) is 1.21. The highest BCUT2D eigenvalue weighted by molar-refractivity contribution is 5.86. The van der Waals surface area contributed by atoms with Gasteiger partial charge in [0.15, 0.2) is 11.5 Å². The lowest BCUT2D eigenvalue weighted by atomic mass is 9.95. The third-order valence-corrected chi connectivity index (χ3v) is 8.03. The number of fused-ring (bicyclic) bond motifs is 3. The van der Waals surface area contributed by atoms with E-state index in [0.717, 1.165) is 23.1 Å². The van der Waals surface area contributed by atoms with Gasteiger partial charge in [0.25, 0.3) is 0 Å². The number of amides is 2. The number of hydrogen-bond acceptors (Lipinski definition) is 8. The number of anilines is 1. The molecule has 222 valence electrons. The van der Waals surface area contributed by atoms with Crippen molar-refractivity contribution < 1.29 is 28.5 Å². The van der Waals surface area contributed by atoms with Crippen LogP contribution in [0.1, 0.15) is 50.8 Å². The summed E-state index contributed by atoms with van der Waals surface area (Å²) < 4.78 is 22.6. The molecule has 2 aromatic rings. The molecule has 2 N–H and O–H groups in total. The number of carbonyl (C=O) groups excluding carboxylic acids is 2. The fourth-order valence-electron chi connectivity index (χ4n) is 5.66. The second-order valence-electron chi connectivity index (χ2n) is 10.5. The summed E-state index contributed by atoms with van der Waals surface area (Å²) in [7, 11) is 4.69. The normalized spacial score (nSPS) is 17.7. The Morgan fingerprint density at radius 2 is 1.78 bits per heavy atom. The zero-order valence-corrected chi connectivity index (χ0v) is 24.8. The molecule has 1 aliphatic carbocycles. The number of ether oxygens (including phenoxy) is 4. The van der Waals surface area contributed by atoms with Crippen molar-refractivity contribution in [3.05, 3.63) is 45.6 Å². The monoisotopic (exact) mass is 567 g/mol. The Hall–Kier alpha value is -3.79. The van der Waals surface area contributed by atoms with Crippen molar-refractivity contribution >= 4 is 17.5 Å². The number of aryl methyl sites for hydroxylation is 1. The molecule has 1 saturated heterocycles. The van der Waals surface area contributed by atoms with Gasteiger partial charge in [-0.05, 0) is 53.6 Å². The van der Waals surface area contributed by atoms with E-state index >= 15 is 0 Å². The molecule has 0 bridgehead atoms. The van der Waals surface area contributed by atoms with Gasteiger partial charge in [0.1, 0.15) is 6.04 Å². The maximum Gasteiger partial charge on any atom is 0.245 e. The molecule has 3 atom stereocenters. The van der Waals surface area contributed by atoms with Crippen LogP contribution < -0.4 is 30.3 Å². The second-order valence-corrected chi connectivity index (χ2v) is 10.5. The summed E-state index contributed by atoms with van der Waals surface area (Å²) in [4.78, 5) is 41.4. The van der Waals surface area contributed by atoms with E-state index in [4.69, 9.17) is 18.9 Å². The average molecular weight is 568 g/mol. The highest BCUT2D eigenvalue weighted by atomic mass is 16.5. The fourth-order valence-corrected chi connectivity index (χ4v) is 5.66. The molecule has 0 aromatic heterocycles. The molecule has 0 saturated carbocycles. The third kappa shape index (κ3) is 6.27. The number of nitrogens with one attached hydrogen (secondary N) is 2. The summed E-state index contributed by atoms with van der Waals surface area (Å²) in [6, 6.07) is 6.07. The van der Waals surface area contributed by atoms with Crippen LogP contribution in [0.15, 0.2) is 29.1 Å². The molecule has 2 aliphatic rings. The Balaban J connectivity index is 1.88. The van der Waals surface area contributed by atoms with Crippen LogP contribution in [0.5, 0.6) is 17.2 Å². The van der Waals surface area contributed by atoms with E-state index in [1.165, 1.54) is 6.92 Å². The van der Waals surface area contributed by atoms with Gasteiger partial charge in [-0.25, -0.2) is 0 Å². The topological polar surface area (TPSA) is 115 Å². The zero-order chi connectivity index (χ0) is 29.7. The lowest BCUT2D eigenvalue weighted by Gasteiger charge is -2.33.